The maximum absolute atomic E-state index is 11.9. The van der Waals surface area contributed by atoms with Crippen LogP contribution in [-0.2, 0) is 14.8 Å². The van der Waals surface area contributed by atoms with E-state index in [1.165, 1.54) is 30.3 Å². The first-order valence-electron chi connectivity index (χ1n) is 7.47. The van der Waals surface area contributed by atoms with Crippen molar-refractivity contribution in [3.63, 3.8) is 0 Å². The zero-order valence-electron chi connectivity index (χ0n) is 13.3. The number of carbonyl (C=O) groups is 1. The van der Waals surface area contributed by atoms with Crippen molar-refractivity contribution in [1.29, 1.82) is 0 Å². The summed E-state index contributed by atoms with van der Waals surface area (Å²) in [5.74, 6) is -0.445. The number of esters is 1. The van der Waals surface area contributed by atoms with Crippen molar-refractivity contribution in [2.75, 3.05) is 13.2 Å². The van der Waals surface area contributed by atoms with Crippen molar-refractivity contribution in [2.45, 2.75) is 4.90 Å². The van der Waals surface area contributed by atoms with E-state index in [4.69, 9.17) is 4.74 Å². The number of hydrogen-bond donors (Lipinski definition) is 1. The molecule has 0 unspecified atom stereocenters. The van der Waals surface area contributed by atoms with Crippen LogP contribution in [0.4, 0.5) is 5.69 Å². The van der Waals surface area contributed by atoms with Crippen molar-refractivity contribution >= 4 is 27.5 Å². The third kappa shape index (κ3) is 3.54. The van der Waals surface area contributed by atoms with Crippen LogP contribution in [0.1, 0.15) is 15.9 Å². The van der Waals surface area contributed by atoms with Gasteiger partial charge in [0.05, 0.1) is 21.9 Å². The summed E-state index contributed by atoms with van der Waals surface area (Å²) in [6.07, 6.45) is 0. The van der Waals surface area contributed by atoms with Gasteiger partial charge in [0.25, 0.3) is 15.7 Å². The van der Waals surface area contributed by atoms with Crippen LogP contribution in [0.25, 0.3) is 0 Å². The highest BCUT2D eigenvalue weighted by atomic mass is 32.2. The molecule has 9 nitrogen and oxygen atoms in total. The molecule has 3 rings (SSSR count). The number of non-ortho nitro benzene ring substituents is 1. The molecule has 1 N–H and O–H groups in total. The van der Waals surface area contributed by atoms with E-state index in [1.54, 1.807) is 18.2 Å². The fraction of sp³-hybridized carbons (Fsp3) is 0.125. The summed E-state index contributed by atoms with van der Waals surface area (Å²) in [5.41, 5.74) is 0.518. The van der Waals surface area contributed by atoms with Gasteiger partial charge in [-0.05, 0) is 24.3 Å². The molecule has 2 aromatic rings. The number of benzene rings is 2. The molecule has 0 bridgehead atoms. The Morgan fingerprint density at radius 3 is 2.54 bits per heavy atom. The Kier molecular flexibility index (Phi) is 4.67. The fourth-order valence-corrected chi connectivity index (χ4v) is 3.60. The minimum Gasteiger partial charge on any atom is -0.460 e. The second kappa shape index (κ2) is 6.92. The Hall–Kier alpha value is -3.27. The van der Waals surface area contributed by atoms with Gasteiger partial charge in [-0.2, -0.15) is 0 Å². The quantitative estimate of drug-likeness (QED) is 0.365. The largest absolute Gasteiger partial charge is 0.460 e. The number of rotatable bonds is 5. The van der Waals surface area contributed by atoms with Crippen LogP contribution in [0.2, 0.25) is 0 Å². The average molecular weight is 375 g/mol. The Bertz CT molecular complexity index is 999. The maximum atomic E-state index is 11.9. The number of nitrogens with one attached hydrogen (secondary N) is 1. The minimum absolute atomic E-state index is 0.0604. The molecule has 1 aliphatic rings. The number of sulfonamides is 1. The van der Waals surface area contributed by atoms with Crippen molar-refractivity contribution in [1.82, 2.24) is 4.72 Å². The Morgan fingerprint density at radius 2 is 1.85 bits per heavy atom. The van der Waals surface area contributed by atoms with Crippen LogP contribution in [0.3, 0.4) is 0 Å². The highest BCUT2D eigenvalue weighted by Crippen LogP contribution is 2.22. The van der Waals surface area contributed by atoms with E-state index in [9.17, 15) is 23.3 Å². The molecule has 0 spiro atoms. The third-order valence-corrected chi connectivity index (χ3v) is 4.97. The molecule has 1 heterocycles. The minimum atomic E-state index is -3.61. The predicted molar refractivity (Wildman–Crippen MR) is 91.5 cm³/mol. The molecule has 0 atom stereocenters. The van der Waals surface area contributed by atoms with E-state index >= 15 is 0 Å². The number of hydrogen-bond acceptors (Lipinski definition) is 7. The van der Waals surface area contributed by atoms with Crippen molar-refractivity contribution < 1.29 is 22.9 Å². The van der Waals surface area contributed by atoms with Crippen molar-refractivity contribution in [2.24, 2.45) is 4.99 Å². The molecule has 134 valence electrons. The van der Waals surface area contributed by atoms with Crippen LogP contribution in [0, 0.1) is 10.1 Å². The van der Waals surface area contributed by atoms with E-state index in [0.717, 1.165) is 0 Å². The normalized spacial score (nSPS) is 15.9. The SMILES string of the molecule is O=C(OCCN=C1NS(=O)(=O)c2ccccc21)c1ccc([N+](=O)[O-])cc1. The zero-order valence-corrected chi connectivity index (χ0v) is 14.1. The lowest BCUT2D eigenvalue weighted by molar-refractivity contribution is -0.384. The summed E-state index contributed by atoms with van der Waals surface area (Å²) in [6.45, 7) is -0.00583. The number of nitro groups is 1. The van der Waals surface area contributed by atoms with Crippen molar-refractivity contribution in [3.05, 3.63) is 69.8 Å². The molecular formula is C16H13N3O6S. The molecule has 0 amide bonds. The van der Waals surface area contributed by atoms with Crippen LogP contribution in [-0.4, -0.2) is 38.3 Å². The van der Waals surface area contributed by atoms with E-state index in [-0.39, 0.29) is 35.1 Å². The standard InChI is InChI=1S/C16H13N3O6S/c20-16(11-5-7-12(8-6-11)19(21)22)25-10-9-17-15-13-3-1-2-4-14(13)26(23,24)18-15/h1-8H,9-10H2,(H,17,18). The maximum Gasteiger partial charge on any atom is 0.338 e. The van der Waals surface area contributed by atoms with Gasteiger partial charge in [0.2, 0.25) is 0 Å². The fourth-order valence-electron chi connectivity index (χ4n) is 2.35. The van der Waals surface area contributed by atoms with Gasteiger partial charge in [-0.15, -0.1) is 0 Å². The number of nitrogens with zero attached hydrogens (tertiary/aromatic N) is 2. The first-order valence-corrected chi connectivity index (χ1v) is 8.95. The lowest BCUT2D eigenvalue weighted by atomic mass is 10.2. The van der Waals surface area contributed by atoms with Gasteiger partial charge in [0, 0.05) is 17.7 Å². The van der Waals surface area contributed by atoms with Gasteiger partial charge in [0.1, 0.15) is 12.4 Å². The summed E-state index contributed by atoms with van der Waals surface area (Å²) >= 11 is 0. The molecule has 0 saturated carbocycles. The average Bonchev–Trinajstić information content (AvgIpc) is 2.89. The molecular weight excluding hydrogens is 362 g/mol. The van der Waals surface area contributed by atoms with Crippen LogP contribution in [0.15, 0.2) is 58.4 Å². The molecule has 0 saturated heterocycles. The van der Waals surface area contributed by atoms with Gasteiger partial charge in [-0.3, -0.25) is 19.8 Å². The first kappa shape index (κ1) is 17.5. The Balaban J connectivity index is 1.60. The van der Waals surface area contributed by atoms with E-state index in [2.05, 4.69) is 9.71 Å². The van der Waals surface area contributed by atoms with Gasteiger partial charge >= 0.3 is 5.97 Å². The number of carbonyl (C=O) groups excluding carboxylic acids is 1. The smallest absolute Gasteiger partial charge is 0.338 e. The molecule has 1 aliphatic heterocycles. The number of aliphatic imine (C=N–C) groups is 1. The third-order valence-electron chi connectivity index (χ3n) is 3.57. The predicted octanol–water partition coefficient (Wildman–Crippen LogP) is 1.49. The second-order valence-electron chi connectivity index (χ2n) is 5.27. The van der Waals surface area contributed by atoms with Gasteiger partial charge < -0.3 is 4.74 Å². The summed E-state index contributed by atoms with van der Waals surface area (Å²) in [4.78, 5) is 26.2. The number of ether oxygens (including phenoxy) is 1. The van der Waals surface area contributed by atoms with Crippen LogP contribution >= 0.6 is 0 Å². The zero-order chi connectivity index (χ0) is 18.7. The van der Waals surface area contributed by atoms with Crippen LogP contribution in [0.5, 0.6) is 0 Å². The molecule has 0 aliphatic carbocycles. The molecule has 10 heteroatoms. The van der Waals surface area contributed by atoms with E-state index in [1.807, 2.05) is 0 Å². The Labute approximate surface area is 148 Å². The van der Waals surface area contributed by atoms with Gasteiger partial charge in [-0.1, -0.05) is 12.1 Å². The summed E-state index contributed by atoms with van der Waals surface area (Å²) in [7, 11) is -3.61. The van der Waals surface area contributed by atoms with Gasteiger partial charge in [-0.25, -0.2) is 13.2 Å². The molecule has 2 aromatic carbocycles. The molecule has 0 radical (unpaired) electrons. The lowest BCUT2D eigenvalue weighted by Gasteiger charge is -2.03. The summed E-state index contributed by atoms with van der Waals surface area (Å²) in [5, 5.41) is 10.6. The molecule has 26 heavy (non-hydrogen) atoms. The lowest BCUT2D eigenvalue weighted by Crippen LogP contribution is -2.23. The number of amidine groups is 1. The second-order valence-corrected chi connectivity index (χ2v) is 6.92. The summed E-state index contributed by atoms with van der Waals surface area (Å²) in [6, 6.07) is 11.4. The summed E-state index contributed by atoms with van der Waals surface area (Å²) < 4.78 is 31.3. The highest BCUT2D eigenvalue weighted by molar-refractivity contribution is 7.90. The monoisotopic (exact) mass is 375 g/mol. The molecule has 0 aromatic heterocycles. The highest BCUT2D eigenvalue weighted by Gasteiger charge is 2.29. The first-order chi connectivity index (χ1) is 12.4. The van der Waals surface area contributed by atoms with Gasteiger partial charge in [0.15, 0.2) is 0 Å². The topological polar surface area (TPSA) is 128 Å². The van der Waals surface area contributed by atoms with Crippen molar-refractivity contribution in [3.8, 4) is 0 Å². The number of nitro benzene ring substituents is 1. The number of fused-ring (bicyclic) bond motifs is 1. The van der Waals surface area contributed by atoms with Crippen LogP contribution < -0.4 is 4.72 Å². The molecule has 0 fully saturated rings. The van der Waals surface area contributed by atoms with E-state index in [0.29, 0.717) is 5.56 Å². The van der Waals surface area contributed by atoms with E-state index < -0.39 is 20.9 Å². The Morgan fingerprint density at radius 1 is 1.15 bits per heavy atom.